The van der Waals surface area contributed by atoms with Crippen LogP contribution in [-0.2, 0) is 4.74 Å². The van der Waals surface area contributed by atoms with Crippen LogP contribution in [0.1, 0.15) is 59.8 Å². The molecule has 0 spiro atoms. The molecule has 0 radical (unpaired) electrons. The lowest BCUT2D eigenvalue weighted by Crippen LogP contribution is -2.43. The van der Waals surface area contributed by atoms with Crippen LogP contribution in [0, 0.1) is 17.3 Å². The van der Waals surface area contributed by atoms with E-state index in [9.17, 15) is 5.11 Å². The Hall–Kier alpha value is -0.340. The number of aliphatic hydroxyl groups excluding tert-OH is 1. The Kier molecular flexibility index (Phi) is 4.73. The van der Waals surface area contributed by atoms with Crippen LogP contribution in [0.15, 0.2) is 11.6 Å². The molecule has 2 aliphatic carbocycles. The van der Waals surface area contributed by atoms with Crippen LogP contribution in [0.25, 0.3) is 0 Å². The van der Waals surface area contributed by atoms with E-state index < -0.39 is 0 Å². The van der Waals surface area contributed by atoms with Crippen molar-refractivity contribution in [2.24, 2.45) is 17.3 Å². The zero-order valence-electron chi connectivity index (χ0n) is 13.0. The lowest BCUT2D eigenvalue weighted by Gasteiger charge is -2.44. The Bertz CT molecular complexity index is 332. The van der Waals surface area contributed by atoms with Crippen LogP contribution in [-0.4, -0.2) is 23.9 Å². The minimum atomic E-state index is -0.0752. The molecular formula is C17H30O2. The van der Waals surface area contributed by atoms with Crippen molar-refractivity contribution >= 4 is 0 Å². The number of ether oxygens (including phenoxy) is 1. The van der Waals surface area contributed by atoms with Crippen LogP contribution < -0.4 is 0 Å². The molecule has 110 valence electrons. The van der Waals surface area contributed by atoms with Gasteiger partial charge in [0.15, 0.2) is 0 Å². The molecule has 0 aromatic rings. The van der Waals surface area contributed by atoms with E-state index in [-0.39, 0.29) is 6.10 Å². The molecule has 0 unspecified atom stereocenters. The van der Waals surface area contributed by atoms with Gasteiger partial charge in [-0.1, -0.05) is 25.0 Å². The third kappa shape index (κ3) is 3.05. The minimum Gasteiger partial charge on any atom is -0.393 e. The summed E-state index contributed by atoms with van der Waals surface area (Å²) in [4.78, 5) is 0. The van der Waals surface area contributed by atoms with Crippen molar-refractivity contribution < 1.29 is 9.84 Å². The average molecular weight is 266 g/mol. The maximum absolute atomic E-state index is 10.2. The number of allylic oxidation sites excluding steroid dienone is 1. The molecule has 0 saturated heterocycles. The van der Waals surface area contributed by atoms with Crippen molar-refractivity contribution in [2.75, 3.05) is 6.61 Å². The topological polar surface area (TPSA) is 29.5 Å². The maximum Gasteiger partial charge on any atom is 0.0653 e. The van der Waals surface area contributed by atoms with Gasteiger partial charge in [-0.25, -0.2) is 0 Å². The second-order valence-corrected chi connectivity index (χ2v) is 7.08. The number of hydrogen-bond donors (Lipinski definition) is 1. The van der Waals surface area contributed by atoms with E-state index >= 15 is 0 Å². The summed E-state index contributed by atoms with van der Waals surface area (Å²) >= 11 is 0. The highest BCUT2D eigenvalue weighted by atomic mass is 16.5. The van der Waals surface area contributed by atoms with Gasteiger partial charge in [-0.05, 0) is 63.7 Å². The standard InChI is InChI=1S/C17H30O2/c1-12(2)9-11-19-13(3)14-7-8-15-16(18)6-5-10-17(14,15)4/h9,13-16,18H,5-8,10-11H2,1-4H3/t13-,14+,15-,16-,17+/m0/s1. The molecule has 2 rings (SSSR count). The summed E-state index contributed by atoms with van der Waals surface area (Å²) in [5.74, 6) is 1.11. The van der Waals surface area contributed by atoms with Crippen molar-refractivity contribution in [3.63, 3.8) is 0 Å². The van der Waals surface area contributed by atoms with Crippen LogP contribution >= 0.6 is 0 Å². The van der Waals surface area contributed by atoms with E-state index in [4.69, 9.17) is 4.74 Å². The Morgan fingerprint density at radius 3 is 2.79 bits per heavy atom. The summed E-state index contributed by atoms with van der Waals surface area (Å²) in [6.07, 6.45) is 8.21. The van der Waals surface area contributed by atoms with Crippen LogP contribution in [0.3, 0.4) is 0 Å². The molecule has 5 atom stereocenters. The zero-order chi connectivity index (χ0) is 14.0. The second kappa shape index (κ2) is 5.97. The summed E-state index contributed by atoms with van der Waals surface area (Å²) < 4.78 is 6.03. The molecular weight excluding hydrogens is 236 g/mol. The normalized spacial score (nSPS) is 39.7. The smallest absolute Gasteiger partial charge is 0.0653 e. The van der Waals surface area contributed by atoms with Crippen LogP contribution in [0.4, 0.5) is 0 Å². The Morgan fingerprint density at radius 1 is 1.37 bits per heavy atom. The fourth-order valence-corrected chi connectivity index (χ4v) is 4.44. The Balaban J connectivity index is 1.98. The first-order chi connectivity index (χ1) is 8.95. The molecule has 2 heteroatoms. The van der Waals surface area contributed by atoms with E-state index in [0.717, 1.165) is 13.0 Å². The first kappa shape index (κ1) is 15.1. The Labute approximate surface area is 118 Å². The second-order valence-electron chi connectivity index (χ2n) is 7.08. The molecule has 2 aliphatic rings. The molecule has 0 heterocycles. The highest BCUT2D eigenvalue weighted by Gasteiger charge is 2.52. The molecule has 0 aromatic heterocycles. The molecule has 1 N–H and O–H groups in total. The maximum atomic E-state index is 10.2. The fraction of sp³-hybridized carbons (Fsp3) is 0.882. The van der Waals surface area contributed by atoms with Crippen molar-refractivity contribution in [1.82, 2.24) is 0 Å². The third-order valence-corrected chi connectivity index (χ3v) is 5.58. The quantitative estimate of drug-likeness (QED) is 0.781. The molecule has 19 heavy (non-hydrogen) atoms. The lowest BCUT2D eigenvalue weighted by molar-refractivity contribution is -0.0593. The SMILES string of the molecule is CC(C)=CCO[C@@H](C)[C@H]1CC[C@H]2[C@@H](O)CCC[C@]12C. The summed E-state index contributed by atoms with van der Waals surface area (Å²) in [5, 5.41) is 10.2. The Morgan fingerprint density at radius 2 is 2.11 bits per heavy atom. The molecule has 0 aromatic carbocycles. The highest BCUT2D eigenvalue weighted by molar-refractivity contribution is 5.02. The van der Waals surface area contributed by atoms with Crippen molar-refractivity contribution in [3.8, 4) is 0 Å². The van der Waals surface area contributed by atoms with Gasteiger partial charge in [0.25, 0.3) is 0 Å². The number of fused-ring (bicyclic) bond motifs is 1. The summed E-state index contributed by atoms with van der Waals surface area (Å²) in [6.45, 7) is 9.55. The van der Waals surface area contributed by atoms with Gasteiger partial charge in [-0.3, -0.25) is 0 Å². The van der Waals surface area contributed by atoms with Gasteiger partial charge in [0, 0.05) is 0 Å². The summed E-state index contributed by atoms with van der Waals surface area (Å²) in [6, 6.07) is 0. The van der Waals surface area contributed by atoms with Gasteiger partial charge in [0.05, 0.1) is 18.8 Å². The largest absolute Gasteiger partial charge is 0.393 e. The van der Waals surface area contributed by atoms with Gasteiger partial charge in [-0.15, -0.1) is 0 Å². The van der Waals surface area contributed by atoms with E-state index in [2.05, 4.69) is 33.8 Å². The lowest BCUT2D eigenvalue weighted by atomic mass is 9.63. The zero-order valence-corrected chi connectivity index (χ0v) is 13.0. The molecule has 0 aliphatic heterocycles. The van der Waals surface area contributed by atoms with Crippen LogP contribution in [0.2, 0.25) is 0 Å². The van der Waals surface area contributed by atoms with E-state index in [0.29, 0.717) is 23.4 Å². The summed E-state index contributed by atoms with van der Waals surface area (Å²) in [7, 11) is 0. The minimum absolute atomic E-state index is 0.0752. The first-order valence-corrected chi connectivity index (χ1v) is 7.88. The van der Waals surface area contributed by atoms with Crippen molar-refractivity contribution in [3.05, 3.63) is 11.6 Å². The van der Waals surface area contributed by atoms with Gasteiger partial charge in [-0.2, -0.15) is 0 Å². The molecule has 0 bridgehead atoms. The highest BCUT2D eigenvalue weighted by Crippen LogP contribution is 2.56. The summed E-state index contributed by atoms with van der Waals surface area (Å²) in [5.41, 5.74) is 1.61. The molecule has 2 nitrogen and oxygen atoms in total. The van der Waals surface area contributed by atoms with Gasteiger partial charge in [0.2, 0.25) is 0 Å². The monoisotopic (exact) mass is 266 g/mol. The van der Waals surface area contributed by atoms with Gasteiger partial charge in [0.1, 0.15) is 0 Å². The number of rotatable bonds is 4. The van der Waals surface area contributed by atoms with Crippen molar-refractivity contribution in [2.45, 2.75) is 72.0 Å². The van der Waals surface area contributed by atoms with Gasteiger partial charge < -0.3 is 9.84 Å². The number of hydrogen-bond acceptors (Lipinski definition) is 2. The predicted molar refractivity (Wildman–Crippen MR) is 79.0 cm³/mol. The van der Waals surface area contributed by atoms with Crippen LogP contribution in [0.5, 0.6) is 0 Å². The van der Waals surface area contributed by atoms with E-state index in [1.54, 1.807) is 0 Å². The van der Waals surface area contributed by atoms with E-state index in [1.165, 1.54) is 31.3 Å². The third-order valence-electron chi connectivity index (χ3n) is 5.58. The fourth-order valence-electron chi connectivity index (χ4n) is 4.44. The molecule has 0 amide bonds. The average Bonchev–Trinajstić information content (AvgIpc) is 2.67. The van der Waals surface area contributed by atoms with E-state index in [1.807, 2.05) is 0 Å². The number of aliphatic hydroxyl groups is 1. The molecule has 2 saturated carbocycles. The predicted octanol–water partition coefficient (Wildman–Crippen LogP) is 3.94. The first-order valence-electron chi connectivity index (χ1n) is 7.88. The molecule has 2 fully saturated rings. The van der Waals surface area contributed by atoms with Gasteiger partial charge >= 0.3 is 0 Å². The van der Waals surface area contributed by atoms with Crippen molar-refractivity contribution in [1.29, 1.82) is 0 Å².